The Labute approximate surface area is 113 Å². The lowest BCUT2D eigenvalue weighted by Crippen LogP contribution is -2.39. The first kappa shape index (κ1) is 13.7. The van der Waals surface area contributed by atoms with Crippen LogP contribution in [0.2, 0.25) is 0 Å². The molecule has 1 fully saturated rings. The van der Waals surface area contributed by atoms with Gasteiger partial charge in [-0.05, 0) is 25.0 Å². The summed E-state index contributed by atoms with van der Waals surface area (Å²) in [4.78, 5) is 2.17. The largest absolute Gasteiger partial charge is 0.367 e. The summed E-state index contributed by atoms with van der Waals surface area (Å²) in [6.07, 6.45) is 1.13. The first-order valence-corrected chi connectivity index (χ1v) is 7.59. The van der Waals surface area contributed by atoms with Crippen molar-refractivity contribution in [1.29, 1.82) is 0 Å². The molecule has 1 aromatic carbocycles. The summed E-state index contributed by atoms with van der Waals surface area (Å²) >= 11 is 1.99. The first-order chi connectivity index (χ1) is 8.63. The summed E-state index contributed by atoms with van der Waals surface area (Å²) in [5, 5.41) is 0.597. The molecule has 0 amide bonds. The molecule has 1 unspecified atom stereocenters. The van der Waals surface area contributed by atoms with Crippen LogP contribution in [0, 0.1) is 5.82 Å². The van der Waals surface area contributed by atoms with Gasteiger partial charge in [0.2, 0.25) is 0 Å². The summed E-state index contributed by atoms with van der Waals surface area (Å²) in [5.41, 5.74) is 7.59. The van der Waals surface area contributed by atoms with Crippen LogP contribution in [0.3, 0.4) is 0 Å². The minimum Gasteiger partial charge on any atom is -0.367 e. The van der Waals surface area contributed by atoms with Gasteiger partial charge in [-0.2, -0.15) is 11.8 Å². The lowest BCUT2D eigenvalue weighted by molar-refractivity contribution is 0.606. The third kappa shape index (κ3) is 2.81. The van der Waals surface area contributed by atoms with Crippen molar-refractivity contribution >= 4 is 17.4 Å². The Morgan fingerprint density at radius 2 is 2.33 bits per heavy atom. The summed E-state index contributed by atoms with van der Waals surface area (Å²) in [5.74, 6) is 0.914. The quantitative estimate of drug-likeness (QED) is 0.913. The molecule has 2 nitrogen and oxygen atoms in total. The zero-order chi connectivity index (χ0) is 13.1. The monoisotopic (exact) mass is 268 g/mol. The van der Waals surface area contributed by atoms with Gasteiger partial charge < -0.3 is 10.6 Å². The summed E-state index contributed by atoms with van der Waals surface area (Å²) in [6, 6.07) is 5.08. The van der Waals surface area contributed by atoms with Crippen molar-refractivity contribution < 1.29 is 4.39 Å². The van der Waals surface area contributed by atoms with Gasteiger partial charge in [0, 0.05) is 30.1 Å². The Balaban J connectivity index is 2.31. The molecule has 100 valence electrons. The van der Waals surface area contributed by atoms with Crippen molar-refractivity contribution in [3.05, 3.63) is 29.6 Å². The zero-order valence-electron chi connectivity index (χ0n) is 11.0. The molecule has 2 atom stereocenters. The molecular weight excluding hydrogens is 247 g/mol. The third-order valence-corrected chi connectivity index (χ3v) is 4.79. The van der Waals surface area contributed by atoms with Crippen LogP contribution in [0.4, 0.5) is 10.1 Å². The van der Waals surface area contributed by atoms with E-state index in [-0.39, 0.29) is 11.9 Å². The van der Waals surface area contributed by atoms with Gasteiger partial charge in [-0.1, -0.05) is 19.1 Å². The van der Waals surface area contributed by atoms with Crippen molar-refractivity contribution in [2.45, 2.75) is 31.6 Å². The lowest BCUT2D eigenvalue weighted by Gasteiger charge is -2.35. The van der Waals surface area contributed by atoms with Gasteiger partial charge in [0.1, 0.15) is 5.82 Å². The molecular formula is C14H21FN2S. The van der Waals surface area contributed by atoms with E-state index in [1.807, 2.05) is 24.8 Å². The van der Waals surface area contributed by atoms with E-state index in [1.165, 1.54) is 6.07 Å². The highest BCUT2D eigenvalue weighted by Crippen LogP contribution is 2.32. The van der Waals surface area contributed by atoms with Gasteiger partial charge in [0.05, 0.1) is 5.69 Å². The molecule has 1 aliphatic rings. The highest BCUT2D eigenvalue weighted by molar-refractivity contribution is 8.00. The van der Waals surface area contributed by atoms with Gasteiger partial charge in [0.15, 0.2) is 0 Å². The van der Waals surface area contributed by atoms with E-state index in [4.69, 9.17) is 5.73 Å². The Morgan fingerprint density at radius 1 is 1.56 bits per heavy atom. The molecule has 1 aromatic rings. The van der Waals surface area contributed by atoms with Gasteiger partial charge in [0.25, 0.3) is 0 Å². The number of benzene rings is 1. The Bertz CT molecular complexity index is 409. The number of hydrogen-bond acceptors (Lipinski definition) is 3. The Kier molecular flexibility index (Phi) is 4.51. The molecule has 0 bridgehead atoms. The zero-order valence-corrected chi connectivity index (χ0v) is 11.8. The van der Waals surface area contributed by atoms with Gasteiger partial charge >= 0.3 is 0 Å². The number of thioether (sulfide) groups is 1. The highest BCUT2D eigenvalue weighted by atomic mass is 32.2. The van der Waals surface area contributed by atoms with Crippen molar-refractivity contribution in [3.63, 3.8) is 0 Å². The van der Waals surface area contributed by atoms with Crippen LogP contribution in [0.5, 0.6) is 0 Å². The third-order valence-electron chi connectivity index (χ3n) is 3.42. The van der Waals surface area contributed by atoms with Crippen molar-refractivity contribution in [3.8, 4) is 0 Å². The molecule has 1 aliphatic heterocycles. The molecule has 18 heavy (non-hydrogen) atoms. The predicted molar refractivity (Wildman–Crippen MR) is 77.8 cm³/mol. The standard InChI is InChI=1S/C14H21FN2S/c1-3-11-9-17(7-8-18-11)14-12(10(2)16)5-4-6-13(14)15/h4-6,10-11H,3,7-9,16H2,1-2H3/t10-,11?/m1/s1. The molecule has 2 N–H and O–H groups in total. The fraction of sp³-hybridized carbons (Fsp3) is 0.571. The normalized spacial score (nSPS) is 22.0. The van der Waals surface area contributed by atoms with E-state index in [2.05, 4.69) is 11.8 Å². The van der Waals surface area contributed by atoms with Crippen LogP contribution in [0.1, 0.15) is 31.9 Å². The average molecular weight is 268 g/mol. The van der Waals surface area contributed by atoms with Crippen LogP contribution in [0.15, 0.2) is 18.2 Å². The fourth-order valence-corrected chi connectivity index (χ4v) is 3.58. The van der Waals surface area contributed by atoms with Crippen LogP contribution >= 0.6 is 11.8 Å². The van der Waals surface area contributed by atoms with Gasteiger partial charge in [-0.25, -0.2) is 4.39 Å². The summed E-state index contributed by atoms with van der Waals surface area (Å²) < 4.78 is 14.1. The number of nitrogens with zero attached hydrogens (tertiary/aromatic N) is 1. The molecule has 0 radical (unpaired) electrons. The van der Waals surface area contributed by atoms with Gasteiger partial charge in [-0.3, -0.25) is 0 Å². The van der Waals surface area contributed by atoms with Crippen LogP contribution in [0.25, 0.3) is 0 Å². The smallest absolute Gasteiger partial charge is 0.146 e. The van der Waals surface area contributed by atoms with E-state index in [9.17, 15) is 4.39 Å². The first-order valence-electron chi connectivity index (χ1n) is 6.54. The van der Waals surface area contributed by atoms with E-state index < -0.39 is 0 Å². The second-order valence-corrected chi connectivity index (χ2v) is 6.22. The minimum atomic E-state index is -0.147. The molecule has 0 aliphatic carbocycles. The van der Waals surface area contributed by atoms with E-state index >= 15 is 0 Å². The molecule has 0 saturated carbocycles. The maximum absolute atomic E-state index is 14.1. The lowest BCUT2D eigenvalue weighted by atomic mass is 10.0. The molecule has 1 saturated heterocycles. The summed E-state index contributed by atoms with van der Waals surface area (Å²) in [6.45, 7) is 5.92. The minimum absolute atomic E-state index is 0.134. The molecule has 4 heteroatoms. The number of rotatable bonds is 3. The van der Waals surface area contributed by atoms with Crippen LogP contribution in [-0.4, -0.2) is 24.1 Å². The Hall–Kier alpha value is -0.740. The number of para-hydroxylation sites is 1. The van der Waals surface area contributed by atoms with E-state index in [0.717, 1.165) is 30.8 Å². The second kappa shape index (κ2) is 5.93. The topological polar surface area (TPSA) is 29.3 Å². The highest BCUT2D eigenvalue weighted by Gasteiger charge is 2.24. The number of hydrogen-bond donors (Lipinski definition) is 1. The van der Waals surface area contributed by atoms with Gasteiger partial charge in [-0.15, -0.1) is 0 Å². The summed E-state index contributed by atoms with van der Waals surface area (Å²) in [7, 11) is 0. The maximum atomic E-state index is 14.1. The number of nitrogens with two attached hydrogens (primary N) is 1. The SMILES string of the molecule is CCC1CN(c2c(F)cccc2[C@@H](C)N)CCS1. The molecule has 1 heterocycles. The fourth-order valence-electron chi connectivity index (χ4n) is 2.40. The predicted octanol–water partition coefficient (Wildman–Crippen LogP) is 3.18. The average Bonchev–Trinajstić information content (AvgIpc) is 2.38. The maximum Gasteiger partial charge on any atom is 0.146 e. The molecule has 0 aromatic heterocycles. The van der Waals surface area contributed by atoms with E-state index in [0.29, 0.717) is 10.9 Å². The van der Waals surface area contributed by atoms with Crippen molar-refractivity contribution in [1.82, 2.24) is 0 Å². The van der Waals surface area contributed by atoms with Crippen molar-refractivity contribution in [2.75, 3.05) is 23.7 Å². The number of halogens is 1. The van der Waals surface area contributed by atoms with Crippen LogP contribution < -0.4 is 10.6 Å². The van der Waals surface area contributed by atoms with E-state index in [1.54, 1.807) is 6.07 Å². The number of anilines is 1. The second-order valence-electron chi connectivity index (χ2n) is 4.81. The Morgan fingerprint density at radius 3 is 3.00 bits per heavy atom. The van der Waals surface area contributed by atoms with Crippen LogP contribution in [-0.2, 0) is 0 Å². The molecule has 0 spiro atoms. The molecule has 2 rings (SSSR count). The van der Waals surface area contributed by atoms with Crippen molar-refractivity contribution in [2.24, 2.45) is 5.73 Å².